The zero-order chi connectivity index (χ0) is 28.1. The molecule has 6 aromatic rings. The topological polar surface area (TPSA) is 148 Å². The lowest BCUT2D eigenvalue weighted by molar-refractivity contribution is 0.559. The average molecular weight is 592 g/mol. The van der Waals surface area contributed by atoms with E-state index in [9.17, 15) is 9.59 Å². The molecule has 40 heavy (non-hydrogen) atoms. The van der Waals surface area contributed by atoms with Crippen LogP contribution in [0.5, 0.6) is 0 Å². The summed E-state index contributed by atoms with van der Waals surface area (Å²) in [6, 6.07) is 9.93. The molecule has 0 fully saturated rings. The fraction of sp³-hybridized carbons (Fsp3) is 0.115. The Bertz CT molecular complexity index is 2120. The number of fused-ring (bicyclic) bond motifs is 4. The Morgan fingerprint density at radius 1 is 0.850 bits per heavy atom. The number of aryl methyl sites for hydroxylation is 3. The van der Waals surface area contributed by atoms with E-state index in [-0.39, 0.29) is 22.3 Å². The summed E-state index contributed by atoms with van der Waals surface area (Å²) in [5.74, 6) is 0.272. The van der Waals surface area contributed by atoms with E-state index in [4.69, 9.17) is 37.6 Å². The molecule has 6 rings (SSSR count). The highest BCUT2D eigenvalue weighted by Crippen LogP contribution is 2.36. The Kier molecular flexibility index (Phi) is 6.41. The SMILES string of the molecule is Cc1cc(=O)oc2ccc(NC(=S)Nc3nc(Cl)nc(Nc4nc5c(C)cc6oc(=O)cc(C)c6c5s4)n3)cc12. The molecule has 0 saturated heterocycles. The minimum Gasteiger partial charge on any atom is -0.423 e. The largest absolute Gasteiger partial charge is 0.423 e. The number of hydrogen-bond acceptors (Lipinski definition) is 11. The summed E-state index contributed by atoms with van der Waals surface area (Å²) in [6.07, 6.45) is 0. The van der Waals surface area contributed by atoms with Crippen molar-refractivity contribution in [3.8, 4) is 0 Å². The molecule has 4 aromatic heterocycles. The maximum atomic E-state index is 11.9. The van der Waals surface area contributed by atoms with Gasteiger partial charge in [-0.05, 0) is 85.5 Å². The molecular formula is C26H18ClN7O4S2. The summed E-state index contributed by atoms with van der Waals surface area (Å²) in [5.41, 5.74) is 4.06. The van der Waals surface area contributed by atoms with E-state index in [0.29, 0.717) is 22.0 Å². The quantitative estimate of drug-likeness (QED) is 0.167. The fourth-order valence-electron chi connectivity index (χ4n) is 4.32. The predicted octanol–water partition coefficient (Wildman–Crippen LogP) is 5.83. The number of rotatable bonds is 4. The molecule has 200 valence electrons. The Morgan fingerprint density at radius 2 is 1.57 bits per heavy atom. The standard InChI is InChI=1S/C26H18ClN7O4S2/c1-10-7-17(35)37-15-5-4-13(9-14(10)15)28-25(39)33-23-30-22(27)31-24(32-23)34-26-29-20-12(3)6-16-19(21(20)40-26)11(2)8-18(36)38-16/h4-9H,1-3H3,(H3,28,29,30,31,32,33,34,39). The van der Waals surface area contributed by atoms with Gasteiger partial charge in [-0.15, -0.1) is 0 Å². The molecule has 14 heteroatoms. The Hall–Kier alpha value is -4.46. The van der Waals surface area contributed by atoms with E-state index >= 15 is 0 Å². The van der Waals surface area contributed by atoms with Crippen LogP contribution in [0.1, 0.15) is 16.7 Å². The number of halogens is 1. The highest BCUT2D eigenvalue weighted by molar-refractivity contribution is 7.80. The van der Waals surface area contributed by atoms with Crippen molar-refractivity contribution in [3.05, 3.63) is 79.2 Å². The van der Waals surface area contributed by atoms with Gasteiger partial charge in [0.1, 0.15) is 11.2 Å². The maximum Gasteiger partial charge on any atom is 0.336 e. The number of nitrogens with zero attached hydrogens (tertiary/aromatic N) is 4. The van der Waals surface area contributed by atoms with Crippen LogP contribution >= 0.6 is 35.2 Å². The minimum atomic E-state index is -0.406. The summed E-state index contributed by atoms with van der Waals surface area (Å²) in [4.78, 5) is 40.8. The second-order valence-electron chi connectivity index (χ2n) is 8.93. The first-order valence-corrected chi connectivity index (χ1v) is 13.4. The summed E-state index contributed by atoms with van der Waals surface area (Å²) in [5, 5.41) is 11.3. The smallest absolute Gasteiger partial charge is 0.336 e. The maximum absolute atomic E-state index is 11.9. The van der Waals surface area contributed by atoms with E-state index in [2.05, 4.69) is 30.9 Å². The van der Waals surface area contributed by atoms with Gasteiger partial charge >= 0.3 is 11.3 Å². The Balaban J connectivity index is 1.25. The minimum absolute atomic E-state index is 0.0560. The number of anilines is 4. The molecule has 0 amide bonds. The van der Waals surface area contributed by atoms with Crippen LogP contribution in [0, 0.1) is 20.8 Å². The van der Waals surface area contributed by atoms with E-state index < -0.39 is 11.3 Å². The number of benzene rings is 2. The van der Waals surface area contributed by atoms with Crippen LogP contribution in [-0.4, -0.2) is 25.0 Å². The molecular weight excluding hydrogens is 574 g/mol. The first kappa shape index (κ1) is 25.8. The Morgan fingerprint density at radius 3 is 2.38 bits per heavy atom. The van der Waals surface area contributed by atoms with E-state index in [1.165, 1.54) is 23.5 Å². The van der Waals surface area contributed by atoms with Gasteiger partial charge in [0.2, 0.25) is 17.2 Å². The molecule has 0 radical (unpaired) electrons. The van der Waals surface area contributed by atoms with Crippen LogP contribution < -0.4 is 27.2 Å². The van der Waals surface area contributed by atoms with Gasteiger partial charge in [0.15, 0.2) is 10.2 Å². The van der Waals surface area contributed by atoms with Crippen LogP contribution in [0.25, 0.3) is 32.2 Å². The van der Waals surface area contributed by atoms with Gasteiger partial charge in [0, 0.05) is 28.6 Å². The van der Waals surface area contributed by atoms with Crippen molar-refractivity contribution in [2.45, 2.75) is 20.8 Å². The van der Waals surface area contributed by atoms with Crippen molar-refractivity contribution in [2.24, 2.45) is 0 Å². The molecule has 3 N–H and O–H groups in total. The van der Waals surface area contributed by atoms with Gasteiger partial charge in [-0.25, -0.2) is 14.6 Å². The molecule has 0 bridgehead atoms. The number of hydrogen-bond donors (Lipinski definition) is 3. The van der Waals surface area contributed by atoms with Gasteiger partial charge in [0.25, 0.3) is 0 Å². The van der Waals surface area contributed by atoms with Crippen molar-refractivity contribution >= 4 is 95.1 Å². The van der Waals surface area contributed by atoms with E-state index in [0.717, 1.165) is 37.7 Å². The normalized spacial score (nSPS) is 11.3. The van der Waals surface area contributed by atoms with Gasteiger partial charge in [-0.3, -0.25) is 5.32 Å². The lowest BCUT2D eigenvalue weighted by Crippen LogP contribution is -2.21. The lowest BCUT2D eigenvalue weighted by Gasteiger charge is -2.11. The second kappa shape index (κ2) is 9.93. The van der Waals surface area contributed by atoms with Gasteiger partial charge in [-0.2, -0.15) is 15.0 Å². The molecule has 0 atom stereocenters. The van der Waals surface area contributed by atoms with Crippen LogP contribution in [0.3, 0.4) is 0 Å². The molecule has 0 unspecified atom stereocenters. The summed E-state index contributed by atoms with van der Waals surface area (Å²) in [6.45, 7) is 5.59. The third kappa shape index (κ3) is 4.97. The highest BCUT2D eigenvalue weighted by Gasteiger charge is 2.16. The molecule has 0 aliphatic rings. The molecule has 0 aliphatic carbocycles. The van der Waals surface area contributed by atoms with Crippen LogP contribution in [0.2, 0.25) is 5.28 Å². The summed E-state index contributed by atoms with van der Waals surface area (Å²) in [7, 11) is 0. The summed E-state index contributed by atoms with van der Waals surface area (Å²) < 4.78 is 11.5. The number of nitrogens with one attached hydrogen (secondary N) is 3. The molecule has 11 nitrogen and oxygen atoms in total. The molecule has 2 aromatic carbocycles. The third-order valence-electron chi connectivity index (χ3n) is 6.02. The molecule has 4 heterocycles. The molecule has 0 saturated carbocycles. The fourth-order valence-corrected chi connectivity index (χ4v) is 5.83. The molecule has 0 aliphatic heterocycles. The zero-order valence-corrected chi connectivity index (χ0v) is 23.5. The Labute approximate surface area is 239 Å². The van der Waals surface area contributed by atoms with Crippen molar-refractivity contribution in [1.29, 1.82) is 0 Å². The van der Waals surface area contributed by atoms with Crippen LogP contribution in [-0.2, 0) is 0 Å². The first-order valence-electron chi connectivity index (χ1n) is 11.8. The van der Waals surface area contributed by atoms with Crippen molar-refractivity contribution in [3.63, 3.8) is 0 Å². The monoisotopic (exact) mass is 591 g/mol. The van der Waals surface area contributed by atoms with Crippen LogP contribution in [0.4, 0.5) is 22.7 Å². The van der Waals surface area contributed by atoms with Crippen molar-refractivity contribution in [1.82, 2.24) is 19.9 Å². The number of thiocarbonyl (C=S) groups is 1. The van der Waals surface area contributed by atoms with Crippen LogP contribution in [0.15, 0.2) is 54.8 Å². The van der Waals surface area contributed by atoms with Crippen molar-refractivity contribution in [2.75, 3.05) is 16.0 Å². The number of aromatic nitrogens is 4. The predicted molar refractivity (Wildman–Crippen MR) is 160 cm³/mol. The van der Waals surface area contributed by atoms with Gasteiger partial charge in [0.05, 0.1) is 10.2 Å². The summed E-state index contributed by atoms with van der Waals surface area (Å²) >= 11 is 13.0. The van der Waals surface area contributed by atoms with E-state index in [1.54, 1.807) is 18.2 Å². The molecule has 0 spiro atoms. The van der Waals surface area contributed by atoms with Gasteiger partial charge < -0.3 is 19.5 Å². The average Bonchev–Trinajstić information content (AvgIpc) is 3.27. The van der Waals surface area contributed by atoms with E-state index in [1.807, 2.05) is 26.8 Å². The van der Waals surface area contributed by atoms with Crippen molar-refractivity contribution < 1.29 is 8.83 Å². The third-order valence-corrected chi connectivity index (χ3v) is 7.38. The second-order valence-corrected chi connectivity index (χ2v) is 10.7. The zero-order valence-electron chi connectivity index (χ0n) is 21.1. The number of thiazole rings is 1. The lowest BCUT2D eigenvalue weighted by atomic mass is 10.1. The first-order chi connectivity index (χ1) is 19.1. The van der Waals surface area contributed by atoms with Gasteiger partial charge in [-0.1, -0.05) is 11.3 Å². The highest BCUT2D eigenvalue weighted by atomic mass is 35.5.